The van der Waals surface area contributed by atoms with Crippen LogP contribution in [0.5, 0.6) is 0 Å². The summed E-state index contributed by atoms with van der Waals surface area (Å²) in [6, 6.07) is 3.91. The minimum absolute atomic E-state index is 0.0263. The lowest BCUT2D eigenvalue weighted by atomic mass is 9.97. The molecule has 8 nitrogen and oxygen atoms in total. The van der Waals surface area contributed by atoms with Crippen LogP contribution in [0.4, 0.5) is 4.79 Å². The highest BCUT2D eigenvalue weighted by atomic mass is 16.6. The Balaban J connectivity index is 1.78. The van der Waals surface area contributed by atoms with Crippen LogP contribution in [-0.4, -0.2) is 56.3 Å². The molecular weight excluding hydrogens is 370 g/mol. The molecule has 1 fully saturated rings. The van der Waals surface area contributed by atoms with Crippen LogP contribution in [0.1, 0.15) is 64.9 Å². The van der Waals surface area contributed by atoms with Crippen LogP contribution in [0.15, 0.2) is 29.0 Å². The molecule has 29 heavy (non-hydrogen) atoms. The van der Waals surface area contributed by atoms with Crippen molar-refractivity contribution in [3.8, 4) is 0 Å². The zero-order chi connectivity index (χ0) is 21.2. The SMILES string of the molecule is CC(C)(C)OC(=O)N1CCN(Cc2noc(C(C)(C)C)n2)[C@H](c2cccnc2)C1. The molecular formula is C21H31N5O3. The maximum absolute atomic E-state index is 12.6. The molecule has 0 radical (unpaired) electrons. The van der Waals surface area contributed by atoms with Crippen molar-refractivity contribution in [2.75, 3.05) is 19.6 Å². The second-order valence-corrected chi connectivity index (χ2v) is 9.46. The van der Waals surface area contributed by atoms with Gasteiger partial charge in [-0.1, -0.05) is 32.0 Å². The average molecular weight is 402 g/mol. The minimum Gasteiger partial charge on any atom is -0.444 e. The highest BCUT2D eigenvalue weighted by Gasteiger charge is 2.34. The summed E-state index contributed by atoms with van der Waals surface area (Å²) >= 11 is 0. The number of piperazine rings is 1. The van der Waals surface area contributed by atoms with E-state index in [4.69, 9.17) is 9.26 Å². The summed E-state index contributed by atoms with van der Waals surface area (Å²) in [5.41, 5.74) is 0.329. The summed E-state index contributed by atoms with van der Waals surface area (Å²) in [6.07, 6.45) is 3.30. The molecule has 158 valence electrons. The number of hydrogen-bond acceptors (Lipinski definition) is 7. The molecule has 0 unspecified atom stereocenters. The number of aromatic nitrogens is 3. The smallest absolute Gasteiger partial charge is 0.410 e. The Morgan fingerprint density at radius 1 is 1.24 bits per heavy atom. The van der Waals surface area contributed by atoms with Crippen LogP contribution in [0.25, 0.3) is 0 Å². The molecule has 3 heterocycles. The lowest BCUT2D eigenvalue weighted by Crippen LogP contribution is -2.51. The Labute approximate surface area is 172 Å². The Kier molecular flexibility index (Phi) is 5.93. The van der Waals surface area contributed by atoms with Gasteiger partial charge < -0.3 is 14.2 Å². The lowest BCUT2D eigenvalue weighted by molar-refractivity contribution is 0.00150. The summed E-state index contributed by atoms with van der Waals surface area (Å²) in [5.74, 6) is 1.27. The molecule has 8 heteroatoms. The van der Waals surface area contributed by atoms with Crippen molar-refractivity contribution in [1.82, 2.24) is 24.9 Å². The Morgan fingerprint density at radius 3 is 2.59 bits per heavy atom. The lowest BCUT2D eigenvalue weighted by Gasteiger charge is -2.41. The van der Waals surface area contributed by atoms with Gasteiger partial charge in [-0.2, -0.15) is 4.98 Å². The molecule has 0 aliphatic carbocycles. The van der Waals surface area contributed by atoms with E-state index in [9.17, 15) is 4.79 Å². The monoisotopic (exact) mass is 401 g/mol. The van der Waals surface area contributed by atoms with E-state index in [-0.39, 0.29) is 17.6 Å². The first-order valence-corrected chi connectivity index (χ1v) is 9.98. The molecule has 0 aromatic carbocycles. The number of carbonyl (C=O) groups is 1. The van der Waals surface area contributed by atoms with Crippen molar-refractivity contribution in [2.45, 2.75) is 65.1 Å². The molecule has 0 N–H and O–H groups in total. The third-order valence-corrected chi connectivity index (χ3v) is 4.67. The van der Waals surface area contributed by atoms with Crippen LogP contribution in [-0.2, 0) is 16.7 Å². The van der Waals surface area contributed by atoms with Crippen molar-refractivity contribution < 1.29 is 14.1 Å². The van der Waals surface area contributed by atoms with E-state index in [1.165, 1.54) is 0 Å². The number of hydrogen-bond donors (Lipinski definition) is 0. The van der Waals surface area contributed by atoms with Gasteiger partial charge in [0.25, 0.3) is 0 Å². The topological polar surface area (TPSA) is 84.6 Å². The van der Waals surface area contributed by atoms with Gasteiger partial charge in [0, 0.05) is 37.4 Å². The number of amides is 1. The van der Waals surface area contributed by atoms with E-state index >= 15 is 0 Å². The van der Waals surface area contributed by atoms with Gasteiger partial charge in [-0.05, 0) is 32.4 Å². The Bertz CT molecular complexity index is 823. The predicted octanol–water partition coefficient (Wildman–Crippen LogP) is 3.56. The zero-order valence-corrected chi connectivity index (χ0v) is 18.2. The van der Waals surface area contributed by atoms with Gasteiger partial charge in [0.1, 0.15) is 5.60 Å². The third kappa shape index (κ3) is 5.53. The molecule has 1 atom stereocenters. The van der Waals surface area contributed by atoms with Gasteiger partial charge in [-0.25, -0.2) is 4.79 Å². The molecule has 2 aromatic rings. The zero-order valence-electron chi connectivity index (χ0n) is 18.2. The number of pyridine rings is 1. The maximum Gasteiger partial charge on any atom is 0.410 e. The first kappa shape index (κ1) is 21.2. The highest BCUT2D eigenvalue weighted by molar-refractivity contribution is 5.68. The normalized spacial score (nSPS) is 18.7. The van der Waals surface area contributed by atoms with Crippen LogP contribution >= 0.6 is 0 Å². The maximum atomic E-state index is 12.6. The first-order chi connectivity index (χ1) is 13.5. The fourth-order valence-corrected chi connectivity index (χ4v) is 3.20. The minimum atomic E-state index is -0.522. The van der Waals surface area contributed by atoms with E-state index in [1.807, 2.05) is 59.9 Å². The predicted molar refractivity (Wildman–Crippen MR) is 108 cm³/mol. The molecule has 1 aliphatic rings. The van der Waals surface area contributed by atoms with Gasteiger partial charge in [0.15, 0.2) is 5.82 Å². The van der Waals surface area contributed by atoms with E-state index in [0.717, 1.165) is 5.56 Å². The van der Waals surface area contributed by atoms with Gasteiger partial charge >= 0.3 is 6.09 Å². The molecule has 1 saturated heterocycles. The van der Waals surface area contributed by atoms with Crippen LogP contribution in [0.2, 0.25) is 0 Å². The van der Waals surface area contributed by atoms with E-state index in [1.54, 1.807) is 11.1 Å². The van der Waals surface area contributed by atoms with Gasteiger partial charge in [0.05, 0.1) is 12.6 Å². The molecule has 0 saturated carbocycles. The molecule has 1 amide bonds. The number of ether oxygens (including phenoxy) is 1. The summed E-state index contributed by atoms with van der Waals surface area (Å²) in [5, 5.41) is 4.16. The summed E-state index contributed by atoms with van der Waals surface area (Å²) < 4.78 is 11.0. The number of rotatable bonds is 3. The molecule has 1 aliphatic heterocycles. The average Bonchev–Trinajstić information content (AvgIpc) is 3.10. The standard InChI is InChI=1S/C21H31N5O3/c1-20(2,3)18-23-17(24-29-18)14-25-10-11-26(19(27)28-21(4,5)6)13-16(25)15-8-7-9-22-12-15/h7-9,12,16H,10-11,13-14H2,1-6H3/t16-/m0/s1. The summed E-state index contributed by atoms with van der Waals surface area (Å²) in [4.78, 5) is 25.4. The Morgan fingerprint density at radius 2 is 2.00 bits per heavy atom. The molecule has 3 rings (SSSR count). The fraction of sp³-hybridized carbons (Fsp3) is 0.619. The molecule has 0 bridgehead atoms. The summed E-state index contributed by atoms with van der Waals surface area (Å²) in [7, 11) is 0. The number of nitrogens with zero attached hydrogens (tertiary/aromatic N) is 5. The van der Waals surface area contributed by atoms with E-state index in [0.29, 0.717) is 37.9 Å². The molecule has 2 aromatic heterocycles. The van der Waals surface area contributed by atoms with Crippen LogP contribution in [0, 0.1) is 0 Å². The fourth-order valence-electron chi connectivity index (χ4n) is 3.20. The van der Waals surface area contributed by atoms with Gasteiger partial charge in [-0.15, -0.1) is 0 Å². The van der Waals surface area contributed by atoms with Crippen LogP contribution in [0.3, 0.4) is 0 Å². The highest BCUT2D eigenvalue weighted by Crippen LogP contribution is 2.28. The quantitative estimate of drug-likeness (QED) is 0.777. The third-order valence-electron chi connectivity index (χ3n) is 4.67. The van der Waals surface area contributed by atoms with Crippen molar-refractivity contribution in [1.29, 1.82) is 0 Å². The Hall–Kier alpha value is -2.48. The van der Waals surface area contributed by atoms with Gasteiger partial charge in [-0.3, -0.25) is 9.88 Å². The number of carbonyl (C=O) groups excluding carboxylic acids is 1. The van der Waals surface area contributed by atoms with Crippen molar-refractivity contribution >= 4 is 6.09 Å². The van der Waals surface area contributed by atoms with Crippen LogP contribution < -0.4 is 0 Å². The summed E-state index contributed by atoms with van der Waals surface area (Å²) in [6.45, 7) is 14.1. The van der Waals surface area contributed by atoms with Crippen molar-refractivity contribution in [2.24, 2.45) is 0 Å². The van der Waals surface area contributed by atoms with Gasteiger partial charge in [0.2, 0.25) is 5.89 Å². The van der Waals surface area contributed by atoms with E-state index in [2.05, 4.69) is 20.0 Å². The molecule has 0 spiro atoms. The first-order valence-electron chi connectivity index (χ1n) is 9.98. The largest absolute Gasteiger partial charge is 0.444 e. The second kappa shape index (κ2) is 8.10. The second-order valence-electron chi connectivity index (χ2n) is 9.46. The van der Waals surface area contributed by atoms with E-state index < -0.39 is 5.60 Å². The van der Waals surface area contributed by atoms with Crippen molar-refractivity contribution in [3.05, 3.63) is 41.8 Å². The van der Waals surface area contributed by atoms with Crippen molar-refractivity contribution in [3.63, 3.8) is 0 Å².